The van der Waals surface area contributed by atoms with Crippen LogP contribution in [0.5, 0.6) is 0 Å². The predicted molar refractivity (Wildman–Crippen MR) is 93.9 cm³/mol. The number of carboxylic acids is 1. The van der Waals surface area contributed by atoms with Crippen molar-refractivity contribution in [1.29, 1.82) is 0 Å². The van der Waals surface area contributed by atoms with Gasteiger partial charge in [0.15, 0.2) is 0 Å². The quantitative estimate of drug-likeness (QED) is 0.701. The molecule has 0 radical (unpaired) electrons. The van der Waals surface area contributed by atoms with E-state index in [1.807, 2.05) is 30.3 Å². The van der Waals surface area contributed by atoms with Gasteiger partial charge in [0.2, 0.25) is 0 Å². The van der Waals surface area contributed by atoms with Crippen LogP contribution in [-0.4, -0.2) is 17.1 Å². The van der Waals surface area contributed by atoms with E-state index in [2.05, 4.69) is 17.2 Å². The molecule has 0 aromatic heterocycles. The van der Waals surface area contributed by atoms with Crippen LogP contribution in [0.2, 0.25) is 10.0 Å². The third-order valence-electron chi connectivity index (χ3n) is 3.15. The lowest BCUT2D eigenvalue weighted by Crippen LogP contribution is -2.39. The molecule has 0 spiro atoms. The number of hydrogen-bond donors (Lipinski definition) is 3. The van der Waals surface area contributed by atoms with Gasteiger partial charge >= 0.3 is 5.97 Å². The molecular formula is C17H16Cl2N2O2. The van der Waals surface area contributed by atoms with E-state index < -0.39 is 12.0 Å². The van der Waals surface area contributed by atoms with E-state index in [-0.39, 0.29) is 0 Å². The van der Waals surface area contributed by atoms with Gasteiger partial charge in [0.1, 0.15) is 6.04 Å². The maximum Gasteiger partial charge on any atom is 0.326 e. The Morgan fingerprint density at radius 3 is 2.48 bits per heavy atom. The zero-order valence-corrected chi connectivity index (χ0v) is 13.7. The van der Waals surface area contributed by atoms with Gasteiger partial charge < -0.3 is 15.7 Å². The number of halogens is 2. The maximum atomic E-state index is 11.4. The Labute approximate surface area is 144 Å². The molecule has 0 amide bonds. The summed E-state index contributed by atoms with van der Waals surface area (Å²) < 4.78 is 0. The molecule has 1 unspecified atom stereocenters. The molecule has 1 atom stereocenters. The molecule has 0 bridgehead atoms. The first kappa shape index (κ1) is 17.2. The van der Waals surface area contributed by atoms with Gasteiger partial charge in [-0.15, -0.1) is 0 Å². The molecule has 4 nitrogen and oxygen atoms in total. The molecule has 0 heterocycles. The van der Waals surface area contributed by atoms with Crippen molar-refractivity contribution >= 4 is 34.9 Å². The topological polar surface area (TPSA) is 61.4 Å². The van der Waals surface area contributed by atoms with Crippen molar-refractivity contribution in [3.63, 3.8) is 0 Å². The molecule has 6 heteroatoms. The van der Waals surface area contributed by atoms with Crippen molar-refractivity contribution in [2.24, 2.45) is 0 Å². The Hall–Kier alpha value is -2.17. The Balaban J connectivity index is 2.02. The van der Waals surface area contributed by atoms with Crippen LogP contribution in [-0.2, 0) is 11.2 Å². The largest absolute Gasteiger partial charge is 0.480 e. The normalized spacial score (nSPS) is 11.6. The number of nitrogens with one attached hydrogen (secondary N) is 2. The van der Waals surface area contributed by atoms with E-state index in [1.54, 1.807) is 18.2 Å². The molecule has 0 saturated heterocycles. The van der Waals surface area contributed by atoms with Crippen molar-refractivity contribution in [3.8, 4) is 0 Å². The van der Waals surface area contributed by atoms with Gasteiger partial charge in [-0.1, -0.05) is 60.1 Å². The van der Waals surface area contributed by atoms with Gasteiger partial charge in [-0.25, -0.2) is 4.79 Å². The molecule has 2 aromatic carbocycles. The summed E-state index contributed by atoms with van der Waals surface area (Å²) in [5, 5.41) is 16.1. The third-order valence-corrected chi connectivity index (χ3v) is 3.69. The molecule has 2 rings (SSSR count). The Morgan fingerprint density at radius 1 is 1.17 bits per heavy atom. The van der Waals surface area contributed by atoms with Gasteiger partial charge in [-0.2, -0.15) is 0 Å². The molecule has 0 aliphatic heterocycles. The fourth-order valence-electron chi connectivity index (χ4n) is 2.05. The molecule has 3 N–H and O–H groups in total. The highest BCUT2D eigenvalue weighted by molar-refractivity contribution is 6.36. The van der Waals surface area contributed by atoms with Gasteiger partial charge in [-0.3, -0.25) is 0 Å². The zero-order chi connectivity index (χ0) is 16.8. The molecule has 0 aliphatic rings. The summed E-state index contributed by atoms with van der Waals surface area (Å²) in [5.74, 6) is -0.614. The Morgan fingerprint density at radius 2 is 1.87 bits per heavy atom. The average Bonchev–Trinajstić information content (AvgIpc) is 2.50. The SMILES string of the molecule is C=C(Nc1ccc(Cl)cc1Cl)NC(Cc1ccccc1)C(=O)O. The number of rotatable bonds is 7. The van der Waals surface area contributed by atoms with Crippen LogP contribution in [0.15, 0.2) is 60.9 Å². The van der Waals surface area contributed by atoms with Crippen molar-refractivity contribution in [1.82, 2.24) is 5.32 Å². The average molecular weight is 351 g/mol. The first-order chi connectivity index (χ1) is 11.0. The number of carboxylic acid groups (broad SMARTS) is 1. The Kier molecular flexibility index (Phi) is 5.90. The lowest BCUT2D eigenvalue weighted by Gasteiger charge is -2.19. The van der Waals surface area contributed by atoms with E-state index in [0.717, 1.165) is 5.56 Å². The van der Waals surface area contributed by atoms with Crippen molar-refractivity contribution in [2.75, 3.05) is 5.32 Å². The lowest BCUT2D eigenvalue weighted by molar-refractivity contribution is -0.139. The summed E-state index contributed by atoms with van der Waals surface area (Å²) in [6.45, 7) is 3.80. The minimum Gasteiger partial charge on any atom is -0.480 e. The van der Waals surface area contributed by atoms with Crippen LogP contribution < -0.4 is 10.6 Å². The fraction of sp³-hybridized carbons (Fsp3) is 0.118. The summed E-state index contributed by atoms with van der Waals surface area (Å²) in [6, 6.07) is 13.6. The number of benzene rings is 2. The van der Waals surface area contributed by atoms with Crippen LogP contribution in [0.1, 0.15) is 5.56 Å². The highest BCUT2D eigenvalue weighted by Crippen LogP contribution is 2.26. The Bertz CT molecular complexity index is 705. The van der Waals surface area contributed by atoms with Crippen LogP contribution in [0.4, 0.5) is 5.69 Å². The summed E-state index contributed by atoms with van der Waals surface area (Å²) in [4.78, 5) is 11.4. The summed E-state index contributed by atoms with van der Waals surface area (Å²) >= 11 is 11.9. The van der Waals surface area contributed by atoms with Gasteiger partial charge in [0.05, 0.1) is 16.5 Å². The predicted octanol–water partition coefficient (Wildman–Crippen LogP) is 4.16. The standard InChI is InChI=1S/C17H16Cl2N2O2/c1-11(20-15-8-7-13(18)10-14(15)19)21-16(17(22)23)9-12-5-3-2-4-6-12/h2-8,10,16,20-21H,1,9H2,(H,22,23). The molecular weight excluding hydrogens is 335 g/mol. The minimum absolute atomic E-state index is 0.339. The van der Waals surface area contributed by atoms with E-state index >= 15 is 0 Å². The van der Waals surface area contributed by atoms with Crippen LogP contribution in [0, 0.1) is 0 Å². The molecule has 120 valence electrons. The third kappa shape index (κ3) is 5.20. The molecule has 2 aromatic rings. The fourth-order valence-corrected chi connectivity index (χ4v) is 2.51. The summed E-state index contributed by atoms with van der Waals surface area (Å²) in [5.41, 5.74) is 1.52. The van der Waals surface area contributed by atoms with Crippen molar-refractivity contribution in [2.45, 2.75) is 12.5 Å². The first-order valence-corrected chi connectivity index (χ1v) is 7.65. The summed E-state index contributed by atoms with van der Waals surface area (Å²) in [7, 11) is 0. The first-order valence-electron chi connectivity index (χ1n) is 6.90. The van der Waals surface area contributed by atoms with Crippen LogP contribution >= 0.6 is 23.2 Å². The van der Waals surface area contributed by atoms with E-state index in [9.17, 15) is 9.90 Å². The van der Waals surface area contributed by atoms with Gasteiger partial charge in [0, 0.05) is 11.4 Å². The molecule has 0 saturated carbocycles. The number of anilines is 1. The highest BCUT2D eigenvalue weighted by Gasteiger charge is 2.18. The lowest BCUT2D eigenvalue weighted by atomic mass is 10.1. The second-order valence-electron chi connectivity index (χ2n) is 4.95. The summed E-state index contributed by atoms with van der Waals surface area (Å²) in [6.07, 6.45) is 0.339. The smallest absolute Gasteiger partial charge is 0.326 e. The second kappa shape index (κ2) is 7.90. The van der Waals surface area contributed by atoms with Crippen LogP contribution in [0.25, 0.3) is 0 Å². The van der Waals surface area contributed by atoms with Crippen molar-refractivity contribution in [3.05, 3.63) is 76.5 Å². The van der Waals surface area contributed by atoms with Gasteiger partial charge in [-0.05, 0) is 23.8 Å². The molecule has 0 fully saturated rings. The monoisotopic (exact) mass is 350 g/mol. The second-order valence-corrected chi connectivity index (χ2v) is 5.80. The molecule has 0 aliphatic carbocycles. The van der Waals surface area contributed by atoms with Crippen molar-refractivity contribution < 1.29 is 9.90 Å². The maximum absolute atomic E-state index is 11.4. The van der Waals surface area contributed by atoms with E-state index in [0.29, 0.717) is 28.0 Å². The van der Waals surface area contributed by atoms with Crippen LogP contribution in [0.3, 0.4) is 0 Å². The van der Waals surface area contributed by atoms with Gasteiger partial charge in [0.25, 0.3) is 0 Å². The number of aliphatic carboxylic acids is 1. The molecule has 23 heavy (non-hydrogen) atoms. The number of hydrogen-bond acceptors (Lipinski definition) is 3. The zero-order valence-electron chi connectivity index (χ0n) is 12.2. The van der Waals surface area contributed by atoms with E-state index in [1.165, 1.54) is 0 Å². The minimum atomic E-state index is -0.959. The highest BCUT2D eigenvalue weighted by atomic mass is 35.5. The van der Waals surface area contributed by atoms with E-state index in [4.69, 9.17) is 23.2 Å². The number of carbonyl (C=O) groups is 1.